The third kappa shape index (κ3) is 4.38. The van der Waals surface area contributed by atoms with Crippen molar-refractivity contribution in [3.63, 3.8) is 0 Å². The smallest absolute Gasteiger partial charge is 0.00794 e. The van der Waals surface area contributed by atoms with E-state index in [-0.39, 0.29) is 0 Å². The second-order valence-corrected chi connectivity index (χ2v) is 3.49. The summed E-state index contributed by atoms with van der Waals surface area (Å²) in [4.78, 5) is 0. The van der Waals surface area contributed by atoms with Crippen molar-refractivity contribution in [1.29, 1.82) is 0 Å². The molecule has 0 aromatic rings. The van der Waals surface area contributed by atoms with Gasteiger partial charge in [-0.2, -0.15) is 0 Å². The van der Waals surface area contributed by atoms with Crippen molar-refractivity contribution in [2.24, 2.45) is 0 Å². The number of rotatable bonds is 6. The molecule has 0 amide bonds. The van der Waals surface area contributed by atoms with Gasteiger partial charge in [-0.15, -0.1) is 0 Å². The van der Waals surface area contributed by atoms with Gasteiger partial charge in [-0.3, -0.25) is 0 Å². The Kier molecular flexibility index (Phi) is 3.87. The molecule has 0 unspecified atom stereocenters. The number of hydrogen-bond acceptors (Lipinski definition) is 2. The first-order chi connectivity index (χ1) is 5.33. The van der Waals surface area contributed by atoms with Crippen molar-refractivity contribution >= 4 is 0 Å². The summed E-state index contributed by atoms with van der Waals surface area (Å²) < 4.78 is 0. The standard InChI is InChI=1S/C9H20N2/c1-3-8(2)10-6-7-11-9-4-5-9/h8-11H,3-7H2,1-2H3/t8-/m1/s1. The van der Waals surface area contributed by atoms with Crippen LogP contribution in [0.1, 0.15) is 33.1 Å². The molecule has 0 radical (unpaired) electrons. The summed E-state index contributed by atoms with van der Waals surface area (Å²) in [6.07, 6.45) is 4.01. The molecular formula is C9H20N2. The second kappa shape index (κ2) is 4.73. The minimum Gasteiger partial charge on any atom is -0.313 e. The Morgan fingerprint density at radius 1 is 1.36 bits per heavy atom. The maximum Gasteiger partial charge on any atom is 0.00794 e. The van der Waals surface area contributed by atoms with Crippen molar-refractivity contribution in [3.05, 3.63) is 0 Å². The molecule has 11 heavy (non-hydrogen) atoms. The van der Waals surface area contributed by atoms with Gasteiger partial charge in [0.15, 0.2) is 0 Å². The Labute approximate surface area is 69.8 Å². The van der Waals surface area contributed by atoms with Crippen LogP contribution in [-0.4, -0.2) is 25.2 Å². The van der Waals surface area contributed by atoms with Crippen LogP contribution in [0.15, 0.2) is 0 Å². The maximum absolute atomic E-state index is 3.47. The van der Waals surface area contributed by atoms with Crippen molar-refractivity contribution in [3.8, 4) is 0 Å². The van der Waals surface area contributed by atoms with E-state index in [2.05, 4.69) is 24.5 Å². The minimum atomic E-state index is 0.677. The molecule has 0 aromatic carbocycles. The highest BCUT2D eigenvalue weighted by atomic mass is 15.0. The third-order valence-electron chi connectivity index (χ3n) is 2.24. The van der Waals surface area contributed by atoms with Gasteiger partial charge >= 0.3 is 0 Å². The van der Waals surface area contributed by atoms with E-state index in [1.54, 1.807) is 0 Å². The average Bonchev–Trinajstić information content (AvgIpc) is 2.81. The summed E-state index contributed by atoms with van der Waals surface area (Å²) >= 11 is 0. The molecule has 0 heterocycles. The summed E-state index contributed by atoms with van der Waals surface area (Å²) in [5.41, 5.74) is 0. The third-order valence-corrected chi connectivity index (χ3v) is 2.24. The first-order valence-corrected chi connectivity index (χ1v) is 4.79. The first-order valence-electron chi connectivity index (χ1n) is 4.79. The molecule has 0 aliphatic heterocycles. The van der Waals surface area contributed by atoms with Gasteiger partial charge in [0.25, 0.3) is 0 Å². The monoisotopic (exact) mass is 156 g/mol. The van der Waals surface area contributed by atoms with Crippen LogP contribution in [0.25, 0.3) is 0 Å². The van der Waals surface area contributed by atoms with Crippen LogP contribution in [0, 0.1) is 0 Å². The molecule has 1 aliphatic carbocycles. The van der Waals surface area contributed by atoms with Crippen LogP contribution in [0.4, 0.5) is 0 Å². The molecule has 1 saturated carbocycles. The lowest BCUT2D eigenvalue weighted by atomic mass is 10.3. The highest BCUT2D eigenvalue weighted by Crippen LogP contribution is 2.17. The van der Waals surface area contributed by atoms with Gasteiger partial charge in [-0.1, -0.05) is 6.92 Å². The van der Waals surface area contributed by atoms with Gasteiger partial charge in [-0.25, -0.2) is 0 Å². The molecule has 2 N–H and O–H groups in total. The summed E-state index contributed by atoms with van der Waals surface area (Å²) in [5, 5.41) is 6.93. The molecule has 1 aliphatic rings. The molecule has 0 bridgehead atoms. The molecule has 0 aromatic heterocycles. The molecule has 1 atom stereocenters. The summed E-state index contributed by atoms with van der Waals surface area (Å²) in [7, 11) is 0. The molecule has 66 valence electrons. The van der Waals surface area contributed by atoms with Gasteiger partial charge in [0.1, 0.15) is 0 Å². The predicted octanol–water partition coefficient (Wildman–Crippen LogP) is 1.13. The van der Waals surface area contributed by atoms with E-state index in [4.69, 9.17) is 0 Å². The highest BCUT2D eigenvalue weighted by molar-refractivity contribution is 4.80. The zero-order valence-electron chi connectivity index (χ0n) is 7.69. The maximum atomic E-state index is 3.47. The van der Waals surface area contributed by atoms with Crippen molar-refractivity contribution in [1.82, 2.24) is 10.6 Å². The second-order valence-electron chi connectivity index (χ2n) is 3.49. The summed E-state index contributed by atoms with van der Waals surface area (Å²) in [6.45, 7) is 6.70. The van der Waals surface area contributed by atoms with E-state index >= 15 is 0 Å². The zero-order valence-corrected chi connectivity index (χ0v) is 7.69. The average molecular weight is 156 g/mol. The Hall–Kier alpha value is -0.0800. The summed E-state index contributed by atoms with van der Waals surface area (Å²) in [5.74, 6) is 0. The van der Waals surface area contributed by atoms with Gasteiger partial charge in [0.05, 0.1) is 0 Å². The van der Waals surface area contributed by atoms with Crippen molar-refractivity contribution < 1.29 is 0 Å². The van der Waals surface area contributed by atoms with E-state index in [1.165, 1.54) is 19.3 Å². The molecule has 0 saturated heterocycles. The number of nitrogens with one attached hydrogen (secondary N) is 2. The Balaban J connectivity index is 1.79. The van der Waals surface area contributed by atoms with Crippen LogP contribution < -0.4 is 10.6 Å². The van der Waals surface area contributed by atoms with E-state index in [1.807, 2.05) is 0 Å². The zero-order chi connectivity index (χ0) is 8.10. The number of hydrogen-bond donors (Lipinski definition) is 2. The van der Waals surface area contributed by atoms with Crippen molar-refractivity contribution in [2.75, 3.05) is 13.1 Å². The lowest BCUT2D eigenvalue weighted by Crippen LogP contribution is -2.33. The van der Waals surface area contributed by atoms with Gasteiger partial charge in [-0.05, 0) is 26.2 Å². The quantitative estimate of drug-likeness (QED) is 0.563. The topological polar surface area (TPSA) is 24.1 Å². The molecule has 2 heteroatoms. The van der Waals surface area contributed by atoms with Gasteiger partial charge in [0, 0.05) is 25.2 Å². The minimum absolute atomic E-state index is 0.677. The Morgan fingerprint density at radius 3 is 2.64 bits per heavy atom. The van der Waals surface area contributed by atoms with Crippen LogP contribution in [-0.2, 0) is 0 Å². The summed E-state index contributed by atoms with van der Waals surface area (Å²) in [6, 6.07) is 1.53. The lowest BCUT2D eigenvalue weighted by molar-refractivity contribution is 0.516. The molecule has 0 spiro atoms. The Bertz CT molecular complexity index is 99.7. The highest BCUT2D eigenvalue weighted by Gasteiger charge is 2.19. The molecular weight excluding hydrogens is 136 g/mol. The first kappa shape index (κ1) is 9.01. The molecule has 1 fully saturated rings. The van der Waals surface area contributed by atoms with Crippen molar-refractivity contribution in [2.45, 2.75) is 45.2 Å². The fraction of sp³-hybridized carbons (Fsp3) is 1.00. The fourth-order valence-corrected chi connectivity index (χ4v) is 1.03. The van der Waals surface area contributed by atoms with Gasteiger partial charge < -0.3 is 10.6 Å². The van der Waals surface area contributed by atoms with Crippen LogP contribution in [0.2, 0.25) is 0 Å². The predicted molar refractivity (Wildman–Crippen MR) is 48.8 cm³/mol. The van der Waals surface area contributed by atoms with Crippen LogP contribution in [0.3, 0.4) is 0 Å². The largest absolute Gasteiger partial charge is 0.313 e. The molecule has 2 nitrogen and oxygen atoms in total. The van der Waals surface area contributed by atoms with Gasteiger partial charge in [0.2, 0.25) is 0 Å². The van der Waals surface area contributed by atoms with E-state index in [0.717, 1.165) is 19.1 Å². The Morgan fingerprint density at radius 2 is 2.09 bits per heavy atom. The SMILES string of the molecule is CC[C@@H](C)NCCNC1CC1. The normalized spacial score (nSPS) is 20.2. The van der Waals surface area contributed by atoms with E-state index in [0.29, 0.717) is 6.04 Å². The van der Waals surface area contributed by atoms with Crippen LogP contribution >= 0.6 is 0 Å². The fourth-order valence-electron chi connectivity index (χ4n) is 1.03. The van der Waals surface area contributed by atoms with E-state index < -0.39 is 0 Å². The van der Waals surface area contributed by atoms with Crippen LogP contribution in [0.5, 0.6) is 0 Å². The molecule has 1 rings (SSSR count). The van der Waals surface area contributed by atoms with E-state index in [9.17, 15) is 0 Å². The lowest BCUT2D eigenvalue weighted by Gasteiger charge is -2.10.